The Bertz CT molecular complexity index is 321. The maximum atomic E-state index is 9.81. The smallest absolute Gasteiger partial charge is 0.161 e. The number of ether oxygens (including phenoxy) is 1. The van der Waals surface area contributed by atoms with Gasteiger partial charge in [0.15, 0.2) is 11.5 Å². The Hall–Kier alpha value is -1.18. The molecule has 2 nitrogen and oxygen atoms in total. The fourth-order valence-electron chi connectivity index (χ4n) is 1.73. The van der Waals surface area contributed by atoms with Gasteiger partial charge in [-0.2, -0.15) is 0 Å². The van der Waals surface area contributed by atoms with Crippen LogP contribution in [0.1, 0.15) is 45.6 Å². The van der Waals surface area contributed by atoms with Gasteiger partial charge in [0, 0.05) is 0 Å². The summed E-state index contributed by atoms with van der Waals surface area (Å²) in [6, 6.07) is 5.66. The lowest BCUT2D eigenvalue weighted by Crippen LogP contribution is -2.14. The van der Waals surface area contributed by atoms with Crippen LogP contribution in [0.2, 0.25) is 0 Å². The minimum atomic E-state index is 0.211. The summed E-state index contributed by atoms with van der Waals surface area (Å²) in [6.07, 6.45) is 4.25. The fourth-order valence-corrected chi connectivity index (χ4v) is 1.73. The van der Waals surface area contributed by atoms with E-state index in [0.29, 0.717) is 5.75 Å². The Morgan fingerprint density at radius 2 is 2.00 bits per heavy atom. The molecule has 0 saturated heterocycles. The number of phenolic OH excluding ortho intramolecular Hbond substituents is 1. The number of aryl methyl sites for hydroxylation is 1. The molecular formula is C14H22O2. The van der Waals surface area contributed by atoms with E-state index in [1.54, 1.807) is 6.07 Å². The third-order valence-corrected chi connectivity index (χ3v) is 2.79. The van der Waals surface area contributed by atoms with Gasteiger partial charge in [-0.15, -0.1) is 0 Å². The van der Waals surface area contributed by atoms with Crippen LogP contribution in [0.15, 0.2) is 18.2 Å². The summed E-state index contributed by atoms with van der Waals surface area (Å²) in [7, 11) is 0. The van der Waals surface area contributed by atoms with E-state index >= 15 is 0 Å². The van der Waals surface area contributed by atoms with Crippen LogP contribution in [0.4, 0.5) is 0 Å². The van der Waals surface area contributed by atoms with E-state index in [0.717, 1.165) is 31.2 Å². The van der Waals surface area contributed by atoms with Gasteiger partial charge in [0.25, 0.3) is 0 Å². The lowest BCUT2D eigenvalue weighted by molar-refractivity contribution is 0.179. The molecule has 0 aliphatic rings. The minimum absolute atomic E-state index is 0.211. The van der Waals surface area contributed by atoms with E-state index in [4.69, 9.17) is 4.74 Å². The molecule has 0 saturated carbocycles. The van der Waals surface area contributed by atoms with E-state index in [1.807, 2.05) is 12.1 Å². The van der Waals surface area contributed by atoms with Crippen molar-refractivity contribution in [3.05, 3.63) is 23.8 Å². The standard InChI is InChI=1S/C14H22O2/c1-4-7-12(6-3)16-14-9-8-11(5-2)10-13(14)15/h8-10,12,15H,4-7H2,1-3H3. The third kappa shape index (κ3) is 3.44. The first kappa shape index (κ1) is 12.9. The van der Waals surface area contributed by atoms with E-state index in [-0.39, 0.29) is 11.9 Å². The predicted molar refractivity (Wildman–Crippen MR) is 67.1 cm³/mol. The molecule has 1 atom stereocenters. The van der Waals surface area contributed by atoms with Gasteiger partial charge in [-0.3, -0.25) is 0 Å². The van der Waals surface area contributed by atoms with Crippen LogP contribution in [-0.4, -0.2) is 11.2 Å². The molecule has 16 heavy (non-hydrogen) atoms. The lowest BCUT2D eigenvalue weighted by atomic mass is 10.1. The first-order valence-electron chi connectivity index (χ1n) is 6.19. The highest BCUT2D eigenvalue weighted by Gasteiger charge is 2.10. The number of phenols is 1. The summed E-state index contributed by atoms with van der Waals surface area (Å²) in [6.45, 7) is 6.32. The summed E-state index contributed by atoms with van der Waals surface area (Å²) < 4.78 is 5.78. The SMILES string of the molecule is CCCC(CC)Oc1ccc(CC)cc1O. The van der Waals surface area contributed by atoms with Crippen LogP contribution in [0.5, 0.6) is 11.5 Å². The van der Waals surface area contributed by atoms with Crippen molar-refractivity contribution in [2.45, 2.75) is 52.6 Å². The van der Waals surface area contributed by atoms with Crippen molar-refractivity contribution in [1.29, 1.82) is 0 Å². The topological polar surface area (TPSA) is 29.5 Å². The second-order valence-corrected chi connectivity index (χ2v) is 4.09. The molecule has 0 amide bonds. The Balaban J connectivity index is 2.72. The van der Waals surface area contributed by atoms with E-state index in [2.05, 4.69) is 20.8 Å². The summed E-state index contributed by atoms with van der Waals surface area (Å²) in [5.41, 5.74) is 1.13. The molecule has 1 unspecified atom stereocenters. The lowest BCUT2D eigenvalue weighted by Gasteiger charge is -2.17. The fraction of sp³-hybridized carbons (Fsp3) is 0.571. The number of benzene rings is 1. The largest absolute Gasteiger partial charge is 0.504 e. The maximum absolute atomic E-state index is 9.81. The van der Waals surface area contributed by atoms with Gasteiger partial charge in [0.2, 0.25) is 0 Å². The summed E-state index contributed by atoms with van der Waals surface area (Å²) in [5.74, 6) is 0.867. The Labute approximate surface area is 98.3 Å². The monoisotopic (exact) mass is 222 g/mol. The van der Waals surface area contributed by atoms with Crippen molar-refractivity contribution in [3.8, 4) is 11.5 Å². The quantitative estimate of drug-likeness (QED) is 0.790. The van der Waals surface area contributed by atoms with E-state index in [9.17, 15) is 5.11 Å². The minimum Gasteiger partial charge on any atom is -0.504 e. The van der Waals surface area contributed by atoms with Crippen molar-refractivity contribution in [1.82, 2.24) is 0 Å². The molecule has 1 aromatic rings. The van der Waals surface area contributed by atoms with E-state index < -0.39 is 0 Å². The number of rotatable bonds is 6. The number of aromatic hydroxyl groups is 1. The second-order valence-electron chi connectivity index (χ2n) is 4.09. The third-order valence-electron chi connectivity index (χ3n) is 2.79. The van der Waals surface area contributed by atoms with Crippen LogP contribution < -0.4 is 4.74 Å². The molecule has 0 aliphatic heterocycles. The molecule has 0 bridgehead atoms. The van der Waals surface area contributed by atoms with Gasteiger partial charge in [0.1, 0.15) is 0 Å². The summed E-state index contributed by atoms with van der Waals surface area (Å²) >= 11 is 0. The zero-order valence-electron chi connectivity index (χ0n) is 10.5. The van der Waals surface area contributed by atoms with Crippen LogP contribution in [0.25, 0.3) is 0 Å². The van der Waals surface area contributed by atoms with Gasteiger partial charge in [0.05, 0.1) is 6.10 Å². The van der Waals surface area contributed by atoms with Crippen LogP contribution in [0, 0.1) is 0 Å². The molecule has 1 N–H and O–H groups in total. The highest BCUT2D eigenvalue weighted by Crippen LogP contribution is 2.29. The van der Waals surface area contributed by atoms with Gasteiger partial charge in [-0.25, -0.2) is 0 Å². The van der Waals surface area contributed by atoms with Crippen molar-refractivity contribution in [2.24, 2.45) is 0 Å². The molecule has 1 aromatic carbocycles. The first-order valence-corrected chi connectivity index (χ1v) is 6.19. The molecule has 0 aromatic heterocycles. The zero-order valence-corrected chi connectivity index (χ0v) is 10.5. The van der Waals surface area contributed by atoms with Gasteiger partial charge >= 0.3 is 0 Å². The molecule has 0 heterocycles. The Kier molecular flexibility index (Phi) is 5.17. The first-order chi connectivity index (χ1) is 7.71. The predicted octanol–water partition coefficient (Wildman–Crippen LogP) is 3.91. The molecule has 2 heteroatoms. The number of hydrogen-bond donors (Lipinski definition) is 1. The average molecular weight is 222 g/mol. The van der Waals surface area contributed by atoms with Gasteiger partial charge in [-0.05, 0) is 37.0 Å². The zero-order chi connectivity index (χ0) is 12.0. The van der Waals surface area contributed by atoms with Gasteiger partial charge in [-0.1, -0.05) is 33.3 Å². The van der Waals surface area contributed by atoms with E-state index in [1.165, 1.54) is 0 Å². The van der Waals surface area contributed by atoms with Gasteiger partial charge < -0.3 is 9.84 Å². The van der Waals surface area contributed by atoms with Crippen molar-refractivity contribution < 1.29 is 9.84 Å². The Morgan fingerprint density at radius 3 is 2.50 bits per heavy atom. The molecular weight excluding hydrogens is 200 g/mol. The van der Waals surface area contributed by atoms with Crippen LogP contribution in [0.3, 0.4) is 0 Å². The highest BCUT2D eigenvalue weighted by atomic mass is 16.5. The molecule has 0 radical (unpaired) electrons. The molecule has 90 valence electrons. The molecule has 0 spiro atoms. The normalized spacial score (nSPS) is 12.4. The average Bonchev–Trinajstić information content (AvgIpc) is 2.30. The number of hydrogen-bond acceptors (Lipinski definition) is 2. The van der Waals surface area contributed by atoms with Crippen LogP contribution in [-0.2, 0) is 6.42 Å². The maximum Gasteiger partial charge on any atom is 0.161 e. The molecule has 1 rings (SSSR count). The second kappa shape index (κ2) is 6.41. The summed E-state index contributed by atoms with van der Waals surface area (Å²) in [4.78, 5) is 0. The van der Waals surface area contributed by atoms with Crippen molar-refractivity contribution >= 4 is 0 Å². The Morgan fingerprint density at radius 1 is 1.25 bits per heavy atom. The summed E-state index contributed by atoms with van der Waals surface area (Å²) in [5, 5.41) is 9.81. The molecule has 0 fully saturated rings. The van der Waals surface area contributed by atoms with Crippen molar-refractivity contribution in [2.75, 3.05) is 0 Å². The van der Waals surface area contributed by atoms with Crippen LogP contribution >= 0.6 is 0 Å². The molecule has 0 aliphatic carbocycles. The highest BCUT2D eigenvalue weighted by molar-refractivity contribution is 5.41. The van der Waals surface area contributed by atoms with Crippen molar-refractivity contribution in [3.63, 3.8) is 0 Å².